The van der Waals surface area contributed by atoms with Crippen LogP contribution in [-0.2, 0) is 35.5 Å². The number of nitrogens with zero attached hydrogens (tertiary/aromatic N) is 8. The molecule has 4 aromatic carbocycles. The first-order chi connectivity index (χ1) is 34.6. The minimum atomic E-state index is -3.67. The number of pyridine rings is 2. The fourth-order valence-electron chi connectivity index (χ4n) is 7.78. The van der Waals surface area contributed by atoms with E-state index in [1.807, 2.05) is 130 Å². The number of ketones is 2. The molecule has 0 unspecified atom stereocenters. The molecule has 0 radical (unpaired) electrons. The summed E-state index contributed by atoms with van der Waals surface area (Å²) in [6, 6.07) is 38.9. The van der Waals surface area contributed by atoms with Crippen molar-refractivity contribution >= 4 is 30.9 Å². The van der Waals surface area contributed by atoms with Crippen LogP contribution < -0.4 is 4.74 Å². The molecule has 8 aromatic rings. The number of phenols is 1. The highest BCUT2D eigenvalue weighted by molar-refractivity contribution is 7.97. The third-order valence-electron chi connectivity index (χ3n) is 10.5. The largest absolute Gasteiger partial charge is 0.762 e. The molecule has 17 heteroatoms. The zero-order chi connectivity index (χ0) is 52.3. The second kappa shape index (κ2) is 26.6. The average Bonchev–Trinajstić information content (AvgIpc) is 3.97. The number of aromatic nitrogens is 6. The lowest BCUT2D eigenvalue weighted by molar-refractivity contribution is -0.117. The van der Waals surface area contributed by atoms with Gasteiger partial charge in [0.1, 0.15) is 47.5 Å². The van der Waals surface area contributed by atoms with E-state index in [1.54, 1.807) is 66.6 Å². The van der Waals surface area contributed by atoms with Crippen LogP contribution >= 0.6 is 11.8 Å². The van der Waals surface area contributed by atoms with Crippen molar-refractivity contribution in [2.75, 3.05) is 19.6 Å². The summed E-state index contributed by atoms with van der Waals surface area (Å²) in [5.74, 6) is 1.11. The molecule has 0 bridgehead atoms. The molecule has 0 spiro atoms. The number of Topliss-reactive ketones (excluding diaryl/α,β-unsaturated/α-hetero) is 2. The predicted molar refractivity (Wildman–Crippen MR) is 279 cm³/mol. The van der Waals surface area contributed by atoms with Crippen molar-refractivity contribution in [1.29, 1.82) is 10.5 Å². The Kier molecular flexibility index (Phi) is 20.2. The van der Waals surface area contributed by atoms with Crippen LogP contribution in [0.3, 0.4) is 0 Å². The highest BCUT2D eigenvalue weighted by Crippen LogP contribution is 2.37. The molecule has 0 aliphatic heterocycles. The highest BCUT2D eigenvalue weighted by Gasteiger charge is 2.19. The summed E-state index contributed by atoms with van der Waals surface area (Å²) in [6.07, 6.45) is 12.0. The van der Waals surface area contributed by atoms with E-state index < -0.39 is 7.54 Å². The summed E-state index contributed by atoms with van der Waals surface area (Å²) in [5, 5.41) is 37.8. The van der Waals surface area contributed by atoms with E-state index in [-0.39, 0.29) is 30.4 Å². The summed E-state index contributed by atoms with van der Waals surface area (Å²) < 4.78 is 37.7. The van der Waals surface area contributed by atoms with Crippen LogP contribution in [0.15, 0.2) is 134 Å². The third kappa shape index (κ3) is 15.4. The molecule has 8 rings (SSSR count). The van der Waals surface area contributed by atoms with Crippen molar-refractivity contribution < 1.29 is 32.4 Å². The van der Waals surface area contributed by atoms with Gasteiger partial charge >= 0.3 is 7.54 Å². The number of benzene rings is 4. The van der Waals surface area contributed by atoms with Gasteiger partial charge in [-0.15, -0.1) is 0 Å². The monoisotopic (exact) mass is 988 g/mol. The number of thioether (sulfide) groups is 1. The Hall–Kier alpha value is -8.28. The average molecular weight is 989 g/mol. The van der Waals surface area contributed by atoms with Crippen LogP contribution in [0.2, 0.25) is 0 Å². The van der Waals surface area contributed by atoms with Gasteiger partial charge in [0.05, 0.1) is 30.6 Å². The first-order valence-electron chi connectivity index (χ1n) is 22.3. The van der Waals surface area contributed by atoms with Crippen LogP contribution in [0.5, 0.6) is 11.5 Å². The van der Waals surface area contributed by atoms with E-state index in [0.29, 0.717) is 18.5 Å². The minimum Gasteiger partial charge on any atom is -0.508 e. The Labute approximate surface area is 422 Å². The molecule has 0 aliphatic carbocycles. The summed E-state index contributed by atoms with van der Waals surface area (Å²) in [4.78, 5) is 32.6. The first-order valence-corrected chi connectivity index (χ1v) is 24.0. The van der Waals surface area contributed by atoms with Crippen LogP contribution in [0.4, 0.5) is 12.9 Å². The van der Waals surface area contributed by atoms with E-state index in [2.05, 4.69) is 33.3 Å². The highest BCUT2D eigenvalue weighted by atomic mass is 32.2. The molecular weight excluding hydrogens is 937 g/mol. The SMILES string of the molecule is CC(=O)Cc1ccccc1-c1cc(-c2cn(CC#N)nc2-c2cc(C)cc(O)c2)ccn1.COc1cc(C)cc(-c2nn(CC#N)cc2-c2ccnc(-c3ccccc3CC(C)=O)c2)c1.CSC.FB(F)F. The fraction of sp³-hybridized carbons (Fsp3) is 0.200. The summed E-state index contributed by atoms with van der Waals surface area (Å²) in [6.45, 7) is 7.35. The third-order valence-corrected chi connectivity index (χ3v) is 10.5. The van der Waals surface area contributed by atoms with Gasteiger partial charge in [-0.05, 0) is 134 Å². The molecule has 366 valence electrons. The maximum atomic E-state index is 11.8. The van der Waals surface area contributed by atoms with Crippen LogP contribution in [-0.4, -0.2) is 73.4 Å². The van der Waals surface area contributed by atoms with Gasteiger partial charge in [-0.25, -0.2) is 0 Å². The number of hydrogen-bond acceptors (Lipinski definition) is 11. The fourth-order valence-corrected chi connectivity index (χ4v) is 7.78. The molecule has 1 N–H and O–H groups in total. The molecule has 0 amide bonds. The molecular formula is C55H52BF3N8O4S. The number of aryl methyl sites for hydroxylation is 2. The van der Waals surface area contributed by atoms with Gasteiger partial charge in [0.25, 0.3) is 0 Å². The summed E-state index contributed by atoms with van der Waals surface area (Å²) in [7, 11) is -2.03. The standard InChI is InChI=1S/C27H24N4O2.C26H22N4O2.C2H6S.BF3/c1-18-12-22(15-23(13-18)33-3)27-25(17-31(30-27)11-9-28)21-8-10-29-26(16-21)24-7-5-4-6-20(24)14-19(2)32;1-17-11-21(14-22(32)12-17)26-24(16-30(29-26)10-8-27)20-7-9-28-25(15-20)23-6-4-3-5-19(23)13-18(2)31;1-3-2;2-1(3)4/h4-8,10,12-13,15-17H,11,14H2,1-3H3;3-7,9,11-12,14-16,32H,10,13H2,1-2H3;1-2H3;. The quantitative estimate of drug-likeness (QED) is 0.109. The van der Waals surface area contributed by atoms with Crippen molar-refractivity contribution in [2.45, 2.75) is 53.6 Å². The molecule has 0 aliphatic rings. The minimum absolute atomic E-state index is 0.0907. The first kappa shape index (κ1) is 54.7. The lowest BCUT2D eigenvalue weighted by Crippen LogP contribution is -1.99. The van der Waals surface area contributed by atoms with Gasteiger partial charge in [-0.1, -0.05) is 48.5 Å². The zero-order valence-corrected chi connectivity index (χ0v) is 41.7. The number of ether oxygens (including phenoxy) is 1. The Balaban J connectivity index is 0.000000237. The van der Waals surface area contributed by atoms with Gasteiger partial charge < -0.3 is 9.84 Å². The summed E-state index contributed by atoms with van der Waals surface area (Å²) >= 11 is 1.75. The molecule has 4 aromatic heterocycles. The molecule has 0 atom stereocenters. The Bertz CT molecular complexity index is 3210. The normalized spacial score (nSPS) is 10.2. The number of halogens is 3. The second-order valence-corrected chi connectivity index (χ2v) is 17.2. The second-order valence-electron chi connectivity index (χ2n) is 16.4. The van der Waals surface area contributed by atoms with Gasteiger partial charge in [0.15, 0.2) is 0 Å². The van der Waals surface area contributed by atoms with E-state index in [0.717, 1.165) is 89.6 Å². The van der Waals surface area contributed by atoms with Gasteiger partial charge in [0.2, 0.25) is 0 Å². The Morgan fingerprint density at radius 1 is 0.639 bits per heavy atom. The summed E-state index contributed by atoms with van der Waals surface area (Å²) in [5.41, 5.74) is 13.9. The van der Waals surface area contributed by atoms with Gasteiger partial charge in [-0.3, -0.25) is 41.9 Å². The van der Waals surface area contributed by atoms with Crippen LogP contribution in [0, 0.1) is 36.5 Å². The number of carbonyl (C=O) groups is 2. The molecule has 0 fully saturated rings. The van der Waals surface area contributed by atoms with Crippen molar-refractivity contribution in [3.8, 4) is 90.9 Å². The lowest BCUT2D eigenvalue weighted by atomic mass is 9.96. The molecule has 72 heavy (non-hydrogen) atoms. The van der Waals surface area contributed by atoms with Gasteiger partial charge in [0, 0.05) is 71.0 Å². The van der Waals surface area contributed by atoms with Crippen LogP contribution in [0.25, 0.3) is 67.3 Å². The predicted octanol–water partition coefficient (Wildman–Crippen LogP) is 12.1. The topological polar surface area (TPSA) is 173 Å². The lowest BCUT2D eigenvalue weighted by Gasteiger charge is -2.10. The molecule has 0 saturated heterocycles. The zero-order valence-electron chi connectivity index (χ0n) is 40.9. The van der Waals surface area contributed by atoms with Gasteiger partial charge in [-0.2, -0.15) is 32.5 Å². The van der Waals surface area contributed by atoms with Crippen molar-refractivity contribution in [3.05, 3.63) is 156 Å². The number of methoxy groups -OCH3 is 1. The van der Waals surface area contributed by atoms with E-state index >= 15 is 0 Å². The number of nitriles is 2. The molecule has 0 saturated carbocycles. The Morgan fingerprint density at radius 3 is 1.46 bits per heavy atom. The van der Waals surface area contributed by atoms with Crippen LogP contribution in [0.1, 0.15) is 36.1 Å². The number of carbonyl (C=O) groups excluding carboxylic acids is 2. The molecule has 4 heterocycles. The number of aromatic hydroxyl groups is 1. The molecule has 12 nitrogen and oxygen atoms in total. The Morgan fingerprint density at radius 2 is 1.06 bits per heavy atom. The smallest absolute Gasteiger partial charge is 0.508 e. The van der Waals surface area contributed by atoms with E-state index in [1.165, 1.54) is 0 Å². The van der Waals surface area contributed by atoms with E-state index in [9.17, 15) is 32.9 Å². The van der Waals surface area contributed by atoms with Crippen molar-refractivity contribution in [3.63, 3.8) is 0 Å². The number of hydrogen-bond donors (Lipinski definition) is 1. The maximum Gasteiger partial charge on any atom is 0.762 e. The van der Waals surface area contributed by atoms with Crippen molar-refractivity contribution in [1.82, 2.24) is 29.5 Å². The maximum absolute atomic E-state index is 11.8. The number of phenolic OH excluding ortho intramolecular Hbond substituents is 1. The van der Waals surface area contributed by atoms with E-state index in [4.69, 9.17) is 15.1 Å². The number of rotatable bonds is 13. The van der Waals surface area contributed by atoms with Crippen molar-refractivity contribution in [2.24, 2.45) is 0 Å².